The topological polar surface area (TPSA) is 69.7 Å². The van der Waals surface area contributed by atoms with Crippen LogP contribution in [0.15, 0.2) is 69.2 Å². The summed E-state index contributed by atoms with van der Waals surface area (Å²) in [5.74, 6) is -0.501. The SMILES string of the molecule is CC1=C(OS(=O)(=O)c2ccc(C)cc2)C(C)(C)[C@H](c2ccc(Br)cc2)OC1=O. The van der Waals surface area contributed by atoms with Crippen LogP contribution in [0.25, 0.3) is 0 Å². The maximum atomic E-state index is 12.8. The lowest BCUT2D eigenvalue weighted by atomic mass is 9.77. The molecule has 1 aliphatic rings. The van der Waals surface area contributed by atoms with E-state index in [1.54, 1.807) is 26.0 Å². The fraction of sp³-hybridized carbons (Fsp3) is 0.286. The Balaban J connectivity index is 2.02. The second kappa shape index (κ2) is 7.37. The molecule has 3 rings (SSSR count). The molecule has 28 heavy (non-hydrogen) atoms. The van der Waals surface area contributed by atoms with Crippen LogP contribution in [0.3, 0.4) is 0 Å². The number of cyclic esters (lactones) is 1. The molecule has 1 heterocycles. The summed E-state index contributed by atoms with van der Waals surface area (Å²) in [5, 5.41) is 0. The van der Waals surface area contributed by atoms with Crippen LogP contribution in [0, 0.1) is 12.3 Å². The molecule has 7 heteroatoms. The van der Waals surface area contributed by atoms with Gasteiger partial charge in [-0.25, -0.2) is 4.79 Å². The van der Waals surface area contributed by atoms with Crippen LogP contribution in [0.1, 0.15) is 38.0 Å². The minimum atomic E-state index is -4.09. The second-order valence-corrected chi connectivity index (χ2v) is 9.83. The van der Waals surface area contributed by atoms with Crippen molar-refractivity contribution in [3.63, 3.8) is 0 Å². The van der Waals surface area contributed by atoms with Gasteiger partial charge in [0.2, 0.25) is 0 Å². The molecule has 2 aromatic carbocycles. The summed E-state index contributed by atoms with van der Waals surface area (Å²) < 4.78 is 37.7. The molecule has 0 aliphatic carbocycles. The van der Waals surface area contributed by atoms with Gasteiger partial charge in [-0.2, -0.15) is 8.42 Å². The lowest BCUT2D eigenvalue weighted by molar-refractivity contribution is -0.154. The van der Waals surface area contributed by atoms with E-state index in [9.17, 15) is 13.2 Å². The summed E-state index contributed by atoms with van der Waals surface area (Å²) in [6.07, 6.45) is -0.681. The highest BCUT2D eigenvalue weighted by Gasteiger charge is 2.46. The van der Waals surface area contributed by atoms with E-state index in [2.05, 4.69) is 15.9 Å². The molecule has 0 saturated carbocycles. The van der Waals surface area contributed by atoms with Gasteiger partial charge >= 0.3 is 16.1 Å². The predicted octanol–water partition coefficient (Wildman–Crippen LogP) is 5.06. The van der Waals surface area contributed by atoms with Gasteiger partial charge in [-0.15, -0.1) is 0 Å². The zero-order chi connectivity index (χ0) is 20.7. The highest BCUT2D eigenvalue weighted by molar-refractivity contribution is 9.10. The van der Waals surface area contributed by atoms with Crippen molar-refractivity contribution < 1.29 is 22.1 Å². The van der Waals surface area contributed by atoms with Crippen LogP contribution in [-0.4, -0.2) is 14.4 Å². The average Bonchev–Trinajstić information content (AvgIpc) is 2.63. The maximum absolute atomic E-state index is 12.8. The monoisotopic (exact) mass is 464 g/mol. The molecule has 0 N–H and O–H groups in total. The van der Waals surface area contributed by atoms with Gasteiger partial charge in [0.1, 0.15) is 16.8 Å². The van der Waals surface area contributed by atoms with E-state index in [-0.39, 0.29) is 16.2 Å². The number of rotatable bonds is 4. The largest absolute Gasteiger partial charge is 0.453 e. The number of esters is 1. The fourth-order valence-electron chi connectivity index (χ4n) is 3.19. The summed E-state index contributed by atoms with van der Waals surface area (Å²) >= 11 is 3.38. The first-order valence-corrected chi connectivity index (χ1v) is 10.9. The van der Waals surface area contributed by atoms with Gasteiger partial charge in [0, 0.05) is 4.47 Å². The third-order valence-corrected chi connectivity index (χ3v) is 6.55. The van der Waals surface area contributed by atoms with Gasteiger partial charge in [-0.1, -0.05) is 45.8 Å². The van der Waals surface area contributed by atoms with Gasteiger partial charge < -0.3 is 8.92 Å². The molecule has 0 radical (unpaired) electrons. The van der Waals surface area contributed by atoms with E-state index in [1.165, 1.54) is 19.1 Å². The molecule has 1 aliphatic heterocycles. The Morgan fingerprint density at radius 3 is 2.14 bits per heavy atom. The third-order valence-electron chi connectivity index (χ3n) is 4.79. The quantitative estimate of drug-likeness (QED) is 0.466. The van der Waals surface area contributed by atoms with Gasteiger partial charge in [-0.05, 0) is 57.5 Å². The standard InChI is InChI=1S/C21H21BrO5S/c1-13-5-11-17(12-6-13)28(24,25)27-18-14(2)20(23)26-19(21(18,3)4)15-7-9-16(22)10-8-15/h5-12,19H,1-4H3/t19-/m0/s1. The van der Waals surface area contributed by atoms with Gasteiger partial charge in [0.25, 0.3) is 0 Å². The summed E-state index contributed by atoms with van der Waals surface area (Å²) in [7, 11) is -4.09. The van der Waals surface area contributed by atoms with Crippen molar-refractivity contribution in [1.29, 1.82) is 0 Å². The number of hydrogen-bond acceptors (Lipinski definition) is 5. The molecule has 0 unspecified atom stereocenters. The Hall–Kier alpha value is -2.12. The fourth-order valence-corrected chi connectivity index (χ4v) is 4.58. The van der Waals surface area contributed by atoms with Crippen molar-refractivity contribution in [2.24, 2.45) is 5.41 Å². The van der Waals surface area contributed by atoms with E-state index in [1.807, 2.05) is 31.2 Å². The number of hydrogen-bond donors (Lipinski definition) is 0. The van der Waals surface area contributed by atoms with Crippen LogP contribution >= 0.6 is 15.9 Å². The summed E-state index contributed by atoms with van der Waals surface area (Å²) in [6, 6.07) is 13.7. The number of carbonyl (C=O) groups is 1. The van der Waals surface area contributed by atoms with Crippen molar-refractivity contribution in [2.45, 2.75) is 38.7 Å². The maximum Gasteiger partial charge on any atom is 0.338 e. The number of benzene rings is 2. The molecule has 2 aromatic rings. The Bertz CT molecular complexity index is 1040. The van der Waals surface area contributed by atoms with Gasteiger partial charge in [-0.3, -0.25) is 0 Å². The molecule has 1 atom stereocenters. The Labute approximate surface area is 173 Å². The Morgan fingerprint density at radius 1 is 1.00 bits per heavy atom. The van der Waals surface area contributed by atoms with E-state index < -0.39 is 27.6 Å². The Kier molecular flexibility index (Phi) is 5.42. The molecule has 0 amide bonds. The van der Waals surface area contributed by atoms with Gasteiger partial charge in [0.15, 0.2) is 0 Å². The summed E-state index contributed by atoms with van der Waals surface area (Å²) in [6.45, 7) is 6.99. The number of ether oxygens (including phenoxy) is 1. The molecule has 148 valence electrons. The van der Waals surface area contributed by atoms with Crippen LogP contribution in [0.5, 0.6) is 0 Å². The van der Waals surface area contributed by atoms with Crippen LogP contribution in [0.4, 0.5) is 0 Å². The van der Waals surface area contributed by atoms with E-state index in [0.29, 0.717) is 0 Å². The minimum Gasteiger partial charge on any atom is -0.453 e. The van der Waals surface area contributed by atoms with Crippen molar-refractivity contribution in [2.75, 3.05) is 0 Å². The third kappa shape index (κ3) is 3.86. The van der Waals surface area contributed by atoms with E-state index in [0.717, 1.165) is 15.6 Å². The first-order valence-electron chi connectivity index (χ1n) is 8.71. The molecular formula is C21H21BrO5S. The zero-order valence-electron chi connectivity index (χ0n) is 16.0. The number of aryl methyl sites for hydroxylation is 1. The van der Waals surface area contributed by atoms with Crippen molar-refractivity contribution in [3.05, 3.63) is 75.5 Å². The molecule has 5 nitrogen and oxygen atoms in total. The smallest absolute Gasteiger partial charge is 0.338 e. The molecule has 0 fully saturated rings. The van der Waals surface area contributed by atoms with Crippen LogP contribution in [-0.2, 0) is 23.8 Å². The van der Waals surface area contributed by atoms with Crippen molar-refractivity contribution in [3.8, 4) is 0 Å². The first kappa shape index (κ1) is 20.6. The van der Waals surface area contributed by atoms with Gasteiger partial charge in [0.05, 0.1) is 11.0 Å². The first-order chi connectivity index (χ1) is 13.0. The normalized spacial score (nSPS) is 19.3. The van der Waals surface area contributed by atoms with Crippen LogP contribution < -0.4 is 0 Å². The summed E-state index contributed by atoms with van der Waals surface area (Å²) in [5.41, 5.74) is 0.951. The minimum absolute atomic E-state index is 0.0355. The zero-order valence-corrected chi connectivity index (χ0v) is 18.4. The highest BCUT2D eigenvalue weighted by atomic mass is 79.9. The molecular weight excluding hydrogens is 444 g/mol. The lowest BCUT2D eigenvalue weighted by Gasteiger charge is -2.39. The lowest BCUT2D eigenvalue weighted by Crippen LogP contribution is -2.37. The molecule has 0 spiro atoms. The average molecular weight is 465 g/mol. The van der Waals surface area contributed by atoms with E-state index >= 15 is 0 Å². The Morgan fingerprint density at radius 2 is 1.57 bits per heavy atom. The molecule has 0 aromatic heterocycles. The molecule has 0 saturated heterocycles. The van der Waals surface area contributed by atoms with Crippen molar-refractivity contribution in [1.82, 2.24) is 0 Å². The predicted molar refractivity (Wildman–Crippen MR) is 109 cm³/mol. The molecule has 0 bridgehead atoms. The second-order valence-electron chi connectivity index (χ2n) is 7.36. The highest BCUT2D eigenvalue weighted by Crippen LogP contribution is 2.48. The van der Waals surface area contributed by atoms with Crippen molar-refractivity contribution >= 4 is 32.0 Å². The number of halogens is 1. The van der Waals surface area contributed by atoms with Crippen LogP contribution in [0.2, 0.25) is 0 Å². The summed E-state index contributed by atoms with van der Waals surface area (Å²) in [4.78, 5) is 12.5. The number of carbonyl (C=O) groups excluding carboxylic acids is 1. The van der Waals surface area contributed by atoms with E-state index in [4.69, 9.17) is 8.92 Å².